The smallest absolute Gasteiger partial charge is 0.121 e. The third-order valence-corrected chi connectivity index (χ3v) is 2.95. The van der Waals surface area contributed by atoms with Gasteiger partial charge < -0.3 is 9.30 Å². The molecule has 0 aliphatic rings. The van der Waals surface area contributed by atoms with Crippen molar-refractivity contribution in [1.82, 2.24) is 9.55 Å². The van der Waals surface area contributed by atoms with E-state index in [2.05, 4.69) is 30.5 Å². The quantitative estimate of drug-likeness (QED) is 0.661. The van der Waals surface area contributed by atoms with E-state index in [0.717, 1.165) is 35.6 Å². The van der Waals surface area contributed by atoms with Crippen molar-refractivity contribution < 1.29 is 4.74 Å². The van der Waals surface area contributed by atoms with E-state index in [9.17, 15) is 0 Å². The summed E-state index contributed by atoms with van der Waals surface area (Å²) in [5.74, 6) is 4.95. The van der Waals surface area contributed by atoms with E-state index in [1.807, 2.05) is 22.8 Å². The van der Waals surface area contributed by atoms with Gasteiger partial charge in [0, 0.05) is 11.8 Å². The van der Waals surface area contributed by atoms with Crippen molar-refractivity contribution in [3.8, 4) is 18.1 Å². The molecule has 1 aromatic heterocycles. The van der Waals surface area contributed by atoms with E-state index < -0.39 is 0 Å². The highest BCUT2D eigenvalue weighted by Crippen LogP contribution is 2.22. The van der Waals surface area contributed by atoms with Crippen molar-refractivity contribution in [2.75, 3.05) is 6.61 Å². The molecule has 0 N–H and O–H groups in total. The van der Waals surface area contributed by atoms with Crippen LogP contribution in [0.1, 0.15) is 19.2 Å². The Morgan fingerprint density at radius 3 is 3.00 bits per heavy atom. The molecule has 2 rings (SSSR count). The fourth-order valence-electron chi connectivity index (χ4n) is 1.86. The summed E-state index contributed by atoms with van der Waals surface area (Å²) in [5.41, 5.74) is 1.93. The molecule has 0 aliphatic heterocycles. The normalized spacial score (nSPS) is 10.5. The number of hydrogen-bond donors (Lipinski definition) is 1. The number of terminal acetylenes is 1. The topological polar surface area (TPSA) is 27.1 Å². The number of benzene rings is 1. The average Bonchev–Trinajstić information content (AvgIpc) is 2.74. The van der Waals surface area contributed by atoms with Gasteiger partial charge in [-0.2, -0.15) is 12.6 Å². The summed E-state index contributed by atoms with van der Waals surface area (Å²) in [6.45, 7) is 3.32. The third kappa shape index (κ3) is 2.46. The van der Waals surface area contributed by atoms with Crippen molar-refractivity contribution in [2.45, 2.75) is 25.6 Å². The minimum absolute atomic E-state index is 0.515. The van der Waals surface area contributed by atoms with Gasteiger partial charge in [-0.15, -0.1) is 6.42 Å². The molecule has 0 amide bonds. The van der Waals surface area contributed by atoms with E-state index in [1.165, 1.54) is 0 Å². The Morgan fingerprint density at radius 1 is 1.50 bits per heavy atom. The molecule has 0 saturated heterocycles. The number of nitrogens with zero attached hydrogens (tertiary/aromatic N) is 2. The molecule has 18 heavy (non-hydrogen) atoms. The monoisotopic (exact) mass is 260 g/mol. The van der Waals surface area contributed by atoms with Crippen LogP contribution in [-0.4, -0.2) is 16.2 Å². The van der Waals surface area contributed by atoms with E-state index in [1.54, 1.807) is 0 Å². The van der Waals surface area contributed by atoms with Gasteiger partial charge in [-0.05, 0) is 18.6 Å². The van der Waals surface area contributed by atoms with Gasteiger partial charge in [0.05, 0.1) is 24.2 Å². The predicted octanol–water partition coefficient (Wildman–Crippen LogP) is 2.89. The van der Waals surface area contributed by atoms with Gasteiger partial charge in [-0.1, -0.05) is 12.8 Å². The minimum Gasteiger partial charge on any atom is -0.494 e. The molecule has 94 valence electrons. The lowest BCUT2D eigenvalue weighted by Crippen LogP contribution is -2.00. The van der Waals surface area contributed by atoms with Crippen LogP contribution in [0.3, 0.4) is 0 Å². The Labute approximate surface area is 113 Å². The SMILES string of the molecule is C#CCn1c(CS)nc2cc(OCCC)ccc21. The molecule has 2 aromatic rings. The Hall–Kier alpha value is -1.60. The van der Waals surface area contributed by atoms with Gasteiger partial charge >= 0.3 is 0 Å². The van der Waals surface area contributed by atoms with Crippen molar-refractivity contribution in [1.29, 1.82) is 0 Å². The largest absolute Gasteiger partial charge is 0.494 e. The number of imidazole rings is 1. The maximum Gasteiger partial charge on any atom is 0.121 e. The molecule has 0 aliphatic carbocycles. The van der Waals surface area contributed by atoms with E-state index in [4.69, 9.17) is 11.2 Å². The Balaban J connectivity index is 2.42. The second-order valence-corrected chi connectivity index (χ2v) is 4.29. The molecule has 1 heterocycles. The highest BCUT2D eigenvalue weighted by molar-refractivity contribution is 7.79. The van der Waals surface area contributed by atoms with Gasteiger partial charge in [0.1, 0.15) is 11.6 Å². The van der Waals surface area contributed by atoms with Crippen LogP contribution in [0.25, 0.3) is 11.0 Å². The van der Waals surface area contributed by atoms with Gasteiger partial charge in [0.15, 0.2) is 0 Å². The summed E-state index contributed by atoms with van der Waals surface area (Å²) in [5, 5.41) is 0. The molecule has 0 atom stereocenters. The first-order valence-corrected chi connectivity index (χ1v) is 6.59. The Morgan fingerprint density at radius 2 is 2.33 bits per heavy atom. The standard InChI is InChI=1S/C14H16N2OS/c1-3-7-16-13-6-5-11(17-8-4-2)9-12(13)15-14(16)10-18/h1,5-6,9,18H,4,7-8,10H2,2H3. The molecule has 3 nitrogen and oxygen atoms in total. The second kappa shape index (κ2) is 5.83. The zero-order chi connectivity index (χ0) is 13.0. The van der Waals surface area contributed by atoms with Crippen LogP contribution in [0.5, 0.6) is 5.75 Å². The molecule has 4 heteroatoms. The number of rotatable bonds is 5. The molecular weight excluding hydrogens is 244 g/mol. The number of thiol groups is 1. The Kier molecular flexibility index (Phi) is 4.16. The first kappa shape index (κ1) is 12.8. The van der Waals surface area contributed by atoms with Crippen molar-refractivity contribution in [3.63, 3.8) is 0 Å². The van der Waals surface area contributed by atoms with Crippen LogP contribution in [0, 0.1) is 12.3 Å². The van der Waals surface area contributed by atoms with Crippen LogP contribution in [0.2, 0.25) is 0 Å². The minimum atomic E-state index is 0.515. The van der Waals surface area contributed by atoms with Gasteiger partial charge in [-0.25, -0.2) is 4.98 Å². The average molecular weight is 260 g/mol. The summed E-state index contributed by atoms with van der Waals surface area (Å²) in [6, 6.07) is 5.90. The van der Waals surface area contributed by atoms with Gasteiger partial charge in [-0.3, -0.25) is 0 Å². The van der Waals surface area contributed by atoms with Crippen molar-refractivity contribution >= 4 is 23.7 Å². The highest BCUT2D eigenvalue weighted by atomic mass is 32.1. The highest BCUT2D eigenvalue weighted by Gasteiger charge is 2.09. The summed E-state index contributed by atoms with van der Waals surface area (Å²) >= 11 is 4.28. The second-order valence-electron chi connectivity index (χ2n) is 3.98. The first-order chi connectivity index (χ1) is 8.80. The summed E-state index contributed by atoms with van der Waals surface area (Å²) < 4.78 is 7.60. The fraction of sp³-hybridized carbons (Fsp3) is 0.357. The molecule has 0 fully saturated rings. The van der Waals surface area contributed by atoms with Crippen molar-refractivity contribution in [2.24, 2.45) is 0 Å². The summed E-state index contributed by atoms with van der Waals surface area (Å²) in [6.07, 6.45) is 6.37. The van der Waals surface area contributed by atoms with Crippen molar-refractivity contribution in [3.05, 3.63) is 24.0 Å². The maximum absolute atomic E-state index is 5.60. The third-order valence-electron chi connectivity index (χ3n) is 2.66. The van der Waals surface area contributed by atoms with Crippen LogP contribution in [0.4, 0.5) is 0 Å². The number of ether oxygens (including phenoxy) is 1. The summed E-state index contributed by atoms with van der Waals surface area (Å²) in [4.78, 5) is 4.53. The molecule has 0 spiro atoms. The molecule has 0 unspecified atom stereocenters. The van der Waals surface area contributed by atoms with Crippen LogP contribution < -0.4 is 4.74 Å². The molecule has 0 bridgehead atoms. The molecule has 1 aromatic carbocycles. The van der Waals surface area contributed by atoms with E-state index in [0.29, 0.717) is 12.3 Å². The molecule has 0 radical (unpaired) electrons. The van der Waals surface area contributed by atoms with Crippen LogP contribution >= 0.6 is 12.6 Å². The van der Waals surface area contributed by atoms with E-state index >= 15 is 0 Å². The maximum atomic E-state index is 5.60. The molecular formula is C14H16N2OS. The number of hydrogen-bond acceptors (Lipinski definition) is 3. The van der Waals surface area contributed by atoms with Crippen LogP contribution in [0.15, 0.2) is 18.2 Å². The fourth-order valence-corrected chi connectivity index (χ4v) is 2.10. The summed E-state index contributed by atoms with van der Waals surface area (Å²) in [7, 11) is 0. The predicted molar refractivity (Wildman–Crippen MR) is 77.0 cm³/mol. The van der Waals surface area contributed by atoms with Gasteiger partial charge in [0.25, 0.3) is 0 Å². The zero-order valence-electron chi connectivity index (χ0n) is 10.4. The number of fused-ring (bicyclic) bond motifs is 1. The first-order valence-electron chi connectivity index (χ1n) is 5.96. The van der Waals surface area contributed by atoms with E-state index in [-0.39, 0.29) is 0 Å². The van der Waals surface area contributed by atoms with Gasteiger partial charge in [0.2, 0.25) is 0 Å². The lowest BCUT2D eigenvalue weighted by molar-refractivity contribution is 0.318. The van der Waals surface area contributed by atoms with Crippen LogP contribution in [-0.2, 0) is 12.3 Å². The zero-order valence-corrected chi connectivity index (χ0v) is 11.3. The molecule has 0 saturated carbocycles. The lowest BCUT2D eigenvalue weighted by Gasteiger charge is -2.05. The lowest BCUT2D eigenvalue weighted by atomic mass is 10.3. The number of aromatic nitrogens is 2. The Bertz CT molecular complexity index is 583.